The number of aldehydes is 1. The van der Waals surface area contributed by atoms with Crippen molar-refractivity contribution < 1.29 is 23.7 Å². The van der Waals surface area contributed by atoms with Crippen LogP contribution in [-0.2, 0) is 27.4 Å². The minimum Gasteiger partial charge on any atom is -0.467 e. The summed E-state index contributed by atoms with van der Waals surface area (Å²) in [5.41, 5.74) is 4.99. The number of ether oxygens (including phenoxy) is 1. The topological polar surface area (TPSA) is 102 Å². The smallest absolute Gasteiger partial charge is 0.328 e. The van der Waals surface area contributed by atoms with E-state index in [1.807, 2.05) is 66.9 Å². The number of aromatic nitrogens is 2. The first-order valence-corrected chi connectivity index (χ1v) is 25.0. The van der Waals surface area contributed by atoms with E-state index in [-0.39, 0.29) is 11.4 Å². The van der Waals surface area contributed by atoms with E-state index in [2.05, 4.69) is 62.2 Å². The van der Waals surface area contributed by atoms with Crippen molar-refractivity contribution >= 4 is 132 Å². The summed E-state index contributed by atoms with van der Waals surface area (Å²) < 4.78 is 23.3. The molecule has 0 radical (unpaired) electrons. The molecule has 7 rings (SSSR count). The van der Waals surface area contributed by atoms with Gasteiger partial charge in [-0.2, -0.15) is 0 Å². The molecule has 0 fully saturated rings. The summed E-state index contributed by atoms with van der Waals surface area (Å²) in [6, 6.07) is 17.4. The van der Waals surface area contributed by atoms with Crippen LogP contribution in [0.3, 0.4) is 0 Å². The Morgan fingerprint density at radius 3 is 2.44 bits per heavy atom. The Hall–Kier alpha value is -4.10. The van der Waals surface area contributed by atoms with Gasteiger partial charge < -0.3 is 19.4 Å². The number of hydrogen-bond acceptors (Lipinski definition) is 13. The average Bonchev–Trinajstić information content (AvgIpc) is 4.02. The number of methoxy groups -OCH3 is 1. The second kappa shape index (κ2) is 21.7. The summed E-state index contributed by atoms with van der Waals surface area (Å²) in [6.07, 6.45) is 6.38. The zero-order valence-corrected chi connectivity index (χ0v) is 42.2. The fourth-order valence-electron chi connectivity index (χ4n) is 6.38. The number of halogens is 3. The van der Waals surface area contributed by atoms with Crippen LogP contribution in [0.2, 0.25) is 5.02 Å². The minimum absolute atomic E-state index is 0.0562. The number of anilines is 2. The molecule has 1 atom stereocenters. The van der Waals surface area contributed by atoms with Gasteiger partial charge in [0, 0.05) is 66.3 Å². The van der Waals surface area contributed by atoms with Crippen LogP contribution in [0.15, 0.2) is 106 Å². The van der Waals surface area contributed by atoms with Gasteiger partial charge in [-0.1, -0.05) is 66.8 Å². The number of allylic oxidation sites excluding steroid dienone is 1. The highest BCUT2D eigenvalue weighted by Crippen LogP contribution is 2.49. The van der Waals surface area contributed by atoms with E-state index in [4.69, 9.17) is 16.3 Å². The van der Waals surface area contributed by atoms with E-state index in [0.717, 1.165) is 57.7 Å². The van der Waals surface area contributed by atoms with E-state index in [0.29, 0.717) is 38.1 Å². The number of thioether (sulfide) groups is 3. The molecule has 5 aromatic rings. The molecule has 1 unspecified atom stereocenters. The molecule has 330 valence electrons. The summed E-state index contributed by atoms with van der Waals surface area (Å²) in [6.45, 7) is 9.45. The zero-order chi connectivity index (χ0) is 45.5. The summed E-state index contributed by atoms with van der Waals surface area (Å²) in [5, 5.41) is 5.07. The van der Waals surface area contributed by atoms with Crippen LogP contribution in [0.5, 0.6) is 0 Å². The number of likely N-dealkylation sites (N-methyl/N-ethyl adjacent to an activating group) is 1. The van der Waals surface area contributed by atoms with Gasteiger partial charge in [0.05, 0.1) is 42.9 Å². The second-order valence-corrected chi connectivity index (χ2v) is 21.3. The van der Waals surface area contributed by atoms with Crippen LogP contribution in [0.1, 0.15) is 39.0 Å². The van der Waals surface area contributed by atoms with Gasteiger partial charge in [0.15, 0.2) is 18.5 Å². The predicted molar refractivity (Wildman–Crippen MR) is 266 cm³/mol. The standard InChI is InChI=1S/C23H23BrClN3OS3.C22H22FN3O3S2/c1-5-28-19(11-16(13(2)3)26-12-14-8-9-30-21(14)24)32-20(22(28)29)23-27(4)17-7-6-15(25)10-18(17)31-23;1-14(22(28)29-4)25(2)20(12-16-7-5-6-10-24-16)30-19(13-27)21-26(3)17-9-8-15(23)11-18(17)31-21/h6-11,13H,5,12H2,1-4H3;5-14H,1-4H3/p+1/b19-11-,23-20+,26-16?;20-12-,21-19+. The fourth-order valence-corrected chi connectivity index (χ4v) is 12.7. The number of carbonyl (C=O) groups excluding carboxylic acids is 2. The number of rotatable bonds is 12. The molecule has 3 aromatic heterocycles. The molecule has 0 aliphatic carbocycles. The molecule has 1 N–H and O–H groups in total. The number of nitrogens with one attached hydrogen (secondary N) is 1. The van der Waals surface area contributed by atoms with Crippen LogP contribution in [0.25, 0.3) is 17.2 Å². The SMILES string of the molecule is CCn1c(=O)/c(=C2\Sc3cc(Cl)ccc3N2C)s/c1=C\C(=[NH+]Cc1ccsc1Br)C(C)C.COC(=O)C(C)N(C)/C(=C/c1ccccn1)S/C(C=O)=C1/Sc2cc(F)ccc2N1C. The third-order valence-corrected chi connectivity index (χ3v) is 17.1. The number of hydrogen-bond donors (Lipinski definition) is 1. The van der Waals surface area contributed by atoms with Crippen LogP contribution >= 0.6 is 85.5 Å². The Kier molecular flexibility index (Phi) is 16.7. The third-order valence-electron chi connectivity index (χ3n) is 10.1. The lowest BCUT2D eigenvalue weighted by Crippen LogP contribution is -2.72. The van der Waals surface area contributed by atoms with E-state index >= 15 is 0 Å². The molecule has 5 heterocycles. The molecule has 0 saturated heterocycles. The molecule has 0 bridgehead atoms. The molecular weight excluding hydrogens is 983 g/mol. The molecule has 63 heavy (non-hydrogen) atoms. The second-order valence-electron chi connectivity index (χ2n) is 14.4. The van der Waals surface area contributed by atoms with Crippen molar-refractivity contribution in [3.8, 4) is 0 Å². The first-order chi connectivity index (χ1) is 30.1. The number of carbonyl (C=O) groups is 2. The molecule has 10 nitrogen and oxygen atoms in total. The Morgan fingerprint density at radius 2 is 1.79 bits per heavy atom. The lowest BCUT2D eigenvalue weighted by molar-refractivity contribution is -0.476. The molecule has 2 aliphatic rings. The number of benzene rings is 2. The van der Waals surface area contributed by atoms with Crippen LogP contribution in [-0.4, -0.2) is 66.7 Å². The van der Waals surface area contributed by atoms with E-state index < -0.39 is 12.0 Å². The van der Waals surface area contributed by atoms with Crippen LogP contribution < -0.4 is 29.5 Å². The molecule has 0 amide bonds. The molecule has 0 spiro atoms. The summed E-state index contributed by atoms with van der Waals surface area (Å²) in [4.78, 5) is 53.4. The van der Waals surface area contributed by atoms with Crippen molar-refractivity contribution in [1.29, 1.82) is 0 Å². The van der Waals surface area contributed by atoms with Gasteiger partial charge in [0.1, 0.15) is 26.1 Å². The molecule has 2 aliphatic heterocycles. The molecule has 2 aromatic carbocycles. The third kappa shape index (κ3) is 11.2. The van der Waals surface area contributed by atoms with Crippen LogP contribution in [0, 0.1) is 11.7 Å². The molecular formula is C45H46BrClFN6O4S5+. The lowest BCUT2D eigenvalue weighted by atomic mass is 10.1. The van der Waals surface area contributed by atoms with Gasteiger partial charge in [-0.15, -0.1) is 22.7 Å². The number of nitrogens with zero attached hydrogens (tertiary/aromatic N) is 5. The number of pyridine rings is 1. The van der Waals surface area contributed by atoms with Gasteiger partial charge in [-0.25, -0.2) is 14.2 Å². The summed E-state index contributed by atoms with van der Waals surface area (Å²) >= 11 is 17.2. The zero-order valence-electron chi connectivity index (χ0n) is 35.8. The number of fused-ring (bicyclic) bond motifs is 2. The van der Waals surface area contributed by atoms with Gasteiger partial charge >= 0.3 is 5.97 Å². The highest BCUT2D eigenvalue weighted by atomic mass is 79.9. The quantitative estimate of drug-likeness (QED) is 0.0567. The van der Waals surface area contributed by atoms with Crippen LogP contribution in [0.4, 0.5) is 15.8 Å². The molecule has 18 heteroatoms. The maximum Gasteiger partial charge on any atom is 0.328 e. The van der Waals surface area contributed by atoms with Crippen molar-refractivity contribution in [2.75, 3.05) is 38.1 Å². The monoisotopic (exact) mass is 1030 g/mol. The largest absolute Gasteiger partial charge is 0.467 e. The van der Waals surface area contributed by atoms with E-state index in [1.54, 1.807) is 71.6 Å². The van der Waals surface area contributed by atoms with Crippen molar-refractivity contribution in [1.82, 2.24) is 14.5 Å². The van der Waals surface area contributed by atoms with E-state index in [9.17, 15) is 18.8 Å². The number of esters is 1. The Bertz CT molecular complexity index is 2790. The maximum absolute atomic E-state index is 13.7. The Morgan fingerprint density at radius 1 is 1.06 bits per heavy atom. The van der Waals surface area contributed by atoms with Crippen molar-refractivity contribution in [3.05, 3.63) is 133 Å². The molecule has 0 saturated carbocycles. The maximum atomic E-state index is 13.7. The average molecular weight is 1030 g/mol. The van der Waals surface area contributed by atoms with Gasteiger partial charge in [0.25, 0.3) is 5.56 Å². The lowest BCUT2D eigenvalue weighted by Gasteiger charge is -2.27. The van der Waals surface area contributed by atoms with Gasteiger partial charge in [0.2, 0.25) is 0 Å². The highest BCUT2D eigenvalue weighted by Gasteiger charge is 2.29. The highest BCUT2D eigenvalue weighted by molar-refractivity contribution is 9.11. The summed E-state index contributed by atoms with van der Waals surface area (Å²) in [7, 11) is 6.93. The minimum atomic E-state index is -0.578. The van der Waals surface area contributed by atoms with E-state index in [1.165, 1.54) is 48.3 Å². The fraction of sp³-hybridized carbons (Fsp3) is 0.267. The predicted octanol–water partition coefficient (Wildman–Crippen LogP) is 8.23. The first-order valence-electron chi connectivity index (χ1n) is 19.7. The number of thiophene rings is 1. The Labute approximate surface area is 400 Å². The van der Waals surface area contributed by atoms with Gasteiger partial charge in [-0.3, -0.25) is 19.1 Å². The van der Waals surface area contributed by atoms with Crippen molar-refractivity contribution in [2.45, 2.75) is 56.6 Å². The number of thiazole rings is 1. The van der Waals surface area contributed by atoms with Gasteiger partial charge in [-0.05, 0) is 95.8 Å². The normalized spacial score (nSPS) is 16.2. The Balaban J connectivity index is 0.000000210. The van der Waals surface area contributed by atoms with Crippen molar-refractivity contribution in [3.63, 3.8) is 0 Å². The summed E-state index contributed by atoms with van der Waals surface area (Å²) in [5.74, 6) is -0.421. The first kappa shape index (κ1) is 48.4. The van der Waals surface area contributed by atoms with Crippen molar-refractivity contribution in [2.24, 2.45) is 5.92 Å².